The first-order valence-electron chi connectivity index (χ1n) is 8.44. The van der Waals surface area contributed by atoms with Gasteiger partial charge in [0.05, 0.1) is 21.6 Å². The van der Waals surface area contributed by atoms with Gasteiger partial charge >= 0.3 is 0 Å². The Bertz CT molecular complexity index is 705. The predicted molar refractivity (Wildman–Crippen MR) is 124 cm³/mol. The largest absolute Gasteiger partial charge is 0.386 e. The van der Waals surface area contributed by atoms with Gasteiger partial charge in [-0.3, -0.25) is 4.99 Å². The van der Waals surface area contributed by atoms with E-state index in [1.165, 1.54) is 21.9 Å². The van der Waals surface area contributed by atoms with Crippen molar-refractivity contribution in [1.29, 1.82) is 0 Å². The standard InChI is InChI=1S/C17H25ClN4OS2.HI/c1-4-12-11(3)24-16(22-12)8-9-20-17(19-5-2)21-10-13(23)14-6-7-15(18)25-14;/h6-7,13,23H,4-5,8-10H2,1-3H3,(H2,19,20,21);1H. The molecule has 0 radical (unpaired) electrons. The van der Waals surface area contributed by atoms with Crippen LogP contribution in [0.1, 0.15) is 40.4 Å². The zero-order chi connectivity index (χ0) is 18.2. The number of hydrogen-bond acceptors (Lipinski definition) is 5. The van der Waals surface area contributed by atoms with E-state index in [1.54, 1.807) is 17.4 Å². The van der Waals surface area contributed by atoms with Crippen molar-refractivity contribution in [3.8, 4) is 0 Å². The topological polar surface area (TPSA) is 69.5 Å². The predicted octanol–water partition coefficient (Wildman–Crippen LogP) is 4.18. The number of nitrogens with one attached hydrogen (secondary N) is 2. The van der Waals surface area contributed by atoms with Crippen LogP contribution in [0.15, 0.2) is 17.1 Å². The number of aryl methyl sites for hydroxylation is 2. The molecule has 0 fully saturated rings. The Kier molecular flexibility index (Phi) is 11.0. The summed E-state index contributed by atoms with van der Waals surface area (Å²) in [4.78, 5) is 11.2. The van der Waals surface area contributed by atoms with Crippen molar-refractivity contribution in [2.75, 3.05) is 19.6 Å². The first-order valence-corrected chi connectivity index (χ1v) is 10.4. The Labute approximate surface area is 185 Å². The van der Waals surface area contributed by atoms with Crippen LogP contribution in [0.25, 0.3) is 0 Å². The monoisotopic (exact) mass is 528 g/mol. The van der Waals surface area contributed by atoms with E-state index in [1.807, 2.05) is 13.0 Å². The molecule has 0 saturated heterocycles. The molecule has 0 spiro atoms. The maximum absolute atomic E-state index is 10.2. The van der Waals surface area contributed by atoms with Gasteiger partial charge in [0.1, 0.15) is 6.10 Å². The highest BCUT2D eigenvalue weighted by Gasteiger charge is 2.10. The smallest absolute Gasteiger partial charge is 0.191 e. The van der Waals surface area contributed by atoms with Gasteiger partial charge in [0, 0.05) is 29.3 Å². The van der Waals surface area contributed by atoms with Gasteiger partial charge in [0.15, 0.2) is 5.96 Å². The van der Waals surface area contributed by atoms with Crippen LogP contribution in [0.2, 0.25) is 4.34 Å². The molecule has 3 N–H and O–H groups in total. The van der Waals surface area contributed by atoms with Crippen molar-refractivity contribution in [2.45, 2.75) is 39.7 Å². The van der Waals surface area contributed by atoms with Gasteiger partial charge in [-0.25, -0.2) is 4.98 Å². The molecule has 1 atom stereocenters. The third-order valence-electron chi connectivity index (χ3n) is 3.59. The second-order valence-electron chi connectivity index (χ2n) is 5.52. The van der Waals surface area contributed by atoms with Gasteiger partial charge in [-0.2, -0.15) is 0 Å². The number of nitrogens with zero attached hydrogens (tertiary/aromatic N) is 2. The lowest BCUT2D eigenvalue weighted by molar-refractivity contribution is 0.191. The minimum absolute atomic E-state index is 0. The molecule has 0 aliphatic carbocycles. The summed E-state index contributed by atoms with van der Waals surface area (Å²) in [6, 6.07) is 3.63. The summed E-state index contributed by atoms with van der Waals surface area (Å²) < 4.78 is 0.674. The summed E-state index contributed by atoms with van der Waals surface area (Å²) in [5.74, 6) is 0.702. The van der Waals surface area contributed by atoms with Crippen LogP contribution in [0.4, 0.5) is 0 Å². The van der Waals surface area contributed by atoms with E-state index >= 15 is 0 Å². The molecule has 2 aromatic rings. The van der Waals surface area contributed by atoms with E-state index in [4.69, 9.17) is 11.6 Å². The van der Waals surface area contributed by atoms with Crippen molar-refractivity contribution in [3.63, 3.8) is 0 Å². The van der Waals surface area contributed by atoms with Gasteiger partial charge in [-0.1, -0.05) is 18.5 Å². The summed E-state index contributed by atoms with van der Waals surface area (Å²) in [5, 5.41) is 17.8. The van der Waals surface area contributed by atoms with Crippen LogP contribution < -0.4 is 10.6 Å². The summed E-state index contributed by atoms with van der Waals surface area (Å²) in [6.07, 6.45) is 1.20. The van der Waals surface area contributed by atoms with Crippen LogP contribution in [-0.4, -0.2) is 35.7 Å². The number of aliphatic hydroxyl groups excluding tert-OH is 1. The summed E-state index contributed by atoms with van der Waals surface area (Å²) in [6.45, 7) is 8.09. The molecular formula is C17H26ClIN4OS2. The molecule has 0 amide bonds. The summed E-state index contributed by atoms with van der Waals surface area (Å²) >= 11 is 9.05. The van der Waals surface area contributed by atoms with Crippen molar-refractivity contribution >= 4 is 64.2 Å². The quantitative estimate of drug-likeness (QED) is 0.273. The molecule has 2 aromatic heterocycles. The van der Waals surface area contributed by atoms with Gasteiger partial charge in [-0.15, -0.1) is 46.7 Å². The lowest BCUT2D eigenvalue weighted by Gasteiger charge is -2.12. The fourth-order valence-corrected chi connectivity index (χ4v) is 4.39. The minimum Gasteiger partial charge on any atom is -0.386 e. The van der Waals surface area contributed by atoms with E-state index in [9.17, 15) is 5.11 Å². The number of rotatable bonds is 8. The maximum atomic E-state index is 10.2. The zero-order valence-corrected chi connectivity index (χ0v) is 19.9. The fourth-order valence-electron chi connectivity index (χ4n) is 2.33. The number of hydrogen-bond donors (Lipinski definition) is 3. The fraction of sp³-hybridized carbons (Fsp3) is 0.529. The van der Waals surface area contributed by atoms with E-state index in [0.29, 0.717) is 16.8 Å². The molecule has 0 aliphatic rings. The maximum Gasteiger partial charge on any atom is 0.191 e. The van der Waals surface area contributed by atoms with Gasteiger partial charge in [0.25, 0.3) is 0 Å². The highest BCUT2D eigenvalue weighted by atomic mass is 127. The van der Waals surface area contributed by atoms with Gasteiger partial charge < -0.3 is 15.7 Å². The Balaban J connectivity index is 0.00000338. The number of guanidine groups is 1. The average Bonchev–Trinajstić information content (AvgIpc) is 3.17. The Morgan fingerprint density at radius 1 is 1.31 bits per heavy atom. The van der Waals surface area contributed by atoms with Crippen LogP contribution in [-0.2, 0) is 12.8 Å². The average molecular weight is 529 g/mol. The highest BCUT2D eigenvalue weighted by Crippen LogP contribution is 2.26. The molecule has 2 heterocycles. The van der Waals surface area contributed by atoms with Crippen molar-refractivity contribution in [2.24, 2.45) is 4.99 Å². The molecule has 0 aliphatic heterocycles. The SMILES string of the molecule is CCNC(=NCC(O)c1ccc(Cl)s1)NCCc1nc(CC)c(C)s1.I. The second kappa shape index (κ2) is 12.1. The normalized spacial score (nSPS) is 12.6. The number of thiophene rings is 1. The summed E-state index contributed by atoms with van der Waals surface area (Å²) in [7, 11) is 0. The molecule has 146 valence electrons. The van der Waals surface area contributed by atoms with Crippen LogP contribution in [0.3, 0.4) is 0 Å². The number of halogens is 2. The molecule has 5 nitrogen and oxygen atoms in total. The molecule has 9 heteroatoms. The Hall–Kier alpha value is -0.420. The van der Waals surface area contributed by atoms with Crippen molar-refractivity contribution < 1.29 is 5.11 Å². The Morgan fingerprint density at radius 2 is 2.08 bits per heavy atom. The molecule has 1 unspecified atom stereocenters. The second-order valence-corrected chi connectivity index (χ2v) is 8.55. The first kappa shape index (κ1) is 23.6. The lowest BCUT2D eigenvalue weighted by Crippen LogP contribution is -2.38. The third-order valence-corrected chi connectivity index (χ3v) is 6.00. The summed E-state index contributed by atoms with van der Waals surface area (Å²) in [5.41, 5.74) is 1.19. The molecule has 26 heavy (non-hydrogen) atoms. The highest BCUT2D eigenvalue weighted by molar-refractivity contribution is 14.0. The van der Waals surface area contributed by atoms with E-state index in [2.05, 4.69) is 34.5 Å². The van der Waals surface area contributed by atoms with Gasteiger partial charge in [-0.05, 0) is 32.4 Å². The number of thiazole rings is 1. The third kappa shape index (κ3) is 7.30. The van der Waals surface area contributed by atoms with Crippen molar-refractivity contribution in [1.82, 2.24) is 15.6 Å². The van der Waals surface area contributed by atoms with E-state index < -0.39 is 6.10 Å². The van der Waals surface area contributed by atoms with Crippen LogP contribution in [0, 0.1) is 6.92 Å². The van der Waals surface area contributed by atoms with E-state index in [-0.39, 0.29) is 24.0 Å². The van der Waals surface area contributed by atoms with E-state index in [0.717, 1.165) is 35.8 Å². The van der Waals surface area contributed by atoms with Gasteiger partial charge in [0.2, 0.25) is 0 Å². The lowest BCUT2D eigenvalue weighted by atomic mass is 10.3. The molecule has 0 saturated carbocycles. The zero-order valence-electron chi connectivity index (χ0n) is 15.2. The number of aliphatic hydroxyl groups is 1. The van der Waals surface area contributed by atoms with Crippen molar-refractivity contribution in [3.05, 3.63) is 36.9 Å². The first-order chi connectivity index (χ1) is 12.0. The number of aliphatic imine (C=N–C) groups is 1. The molecule has 0 aromatic carbocycles. The van der Waals surface area contributed by atoms with Crippen LogP contribution >= 0.6 is 58.3 Å². The molecular weight excluding hydrogens is 503 g/mol. The van der Waals surface area contributed by atoms with Crippen LogP contribution in [0.5, 0.6) is 0 Å². The molecule has 0 bridgehead atoms. The minimum atomic E-state index is -0.637. The molecule has 2 rings (SSSR count). The Morgan fingerprint density at radius 3 is 2.65 bits per heavy atom. The number of aromatic nitrogens is 1.